The van der Waals surface area contributed by atoms with Crippen LogP contribution in [0.25, 0.3) is 11.0 Å². The minimum Gasteiger partial charge on any atom is -0.394 e. The van der Waals surface area contributed by atoms with Crippen molar-refractivity contribution in [3.63, 3.8) is 0 Å². The molecule has 1 amide bonds. The lowest BCUT2D eigenvalue weighted by atomic mass is 10.2. The molecule has 1 atom stereocenters. The Kier molecular flexibility index (Phi) is 3.36. The van der Waals surface area contributed by atoms with Gasteiger partial charge in [-0.2, -0.15) is 0 Å². The van der Waals surface area contributed by atoms with Crippen LogP contribution >= 0.6 is 0 Å². The maximum atomic E-state index is 11.7. The summed E-state index contributed by atoms with van der Waals surface area (Å²) in [6.07, 6.45) is 0.622. The molecular weight excluding hydrogens is 222 g/mol. The van der Waals surface area contributed by atoms with E-state index in [1.54, 1.807) is 24.5 Å². The van der Waals surface area contributed by atoms with E-state index in [2.05, 4.69) is 15.3 Å². The van der Waals surface area contributed by atoms with Crippen molar-refractivity contribution in [3.05, 3.63) is 30.1 Å². The molecule has 4 N–H and O–H groups in total. The first kappa shape index (κ1) is 11.6. The topological polar surface area (TPSA) is 98.2 Å². The lowest BCUT2D eigenvalue weighted by molar-refractivity contribution is 0.0802. The molecule has 17 heavy (non-hydrogen) atoms. The van der Waals surface area contributed by atoms with Gasteiger partial charge in [0.25, 0.3) is 5.91 Å². The van der Waals surface area contributed by atoms with Crippen molar-refractivity contribution in [2.45, 2.75) is 6.10 Å². The van der Waals surface area contributed by atoms with Gasteiger partial charge in [0.2, 0.25) is 0 Å². The number of imidazole rings is 1. The second-order valence-corrected chi connectivity index (χ2v) is 3.68. The van der Waals surface area contributed by atoms with Crippen LogP contribution in [0.1, 0.15) is 10.4 Å². The number of carbonyl (C=O) groups excluding carboxylic acids is 1. The minimum atomic E-state index is -0.935. The number of fused-ring (bicyclic) bond motifs is 1. The van der Waals surface area contributed by atoms with Crippen LogP contribution in [-0.2, 0) is 0 Å². The van der Waals surface area contributed by atoms with E-state index in [0.29, 0.717) is 5.56 Å². The van der Waals surface area contributed by atoms with Gasteiger partial charge in [-0.15, -0.1) is 0 Å². The monoisotopic (exact) mass is 235 g/mol. The highest BCUT2D eigenvalue weighted by Crippen LogP contribution is 2.11. The van der Waals surface area contributed by atoms with Crippen LogP contribution in [0.3, 0.4) is 0 Å². The van der Waals surface area contributed by atoms with Gasteiger partial charge >= 0.3 is 0 Å². The lowest BCUT2D eigenvalue weighted by Crippen LogP contribution is -2.33. The summed E-state index contributed by atoms with van der Waals surface area (Å²) in [7, 11) is 0. The van der Waals surface area contributed by atoms with Gasteiger partial charge in [-0.05, 0) is 18.2 Å². The molecule has 0 unspecified atom stereocenters. The Labute approximate surface area is 97.3 Å². The number of aromatic amines is 1. The first-order valence-corrected chi connectivity index (χ1v) is 5.21. The molecule has 1 aromatic heterocycles. The van der Waals surface area contributed by atoms with E-state index < -0.39 is 6.10 Å². The van der Waals surface area contributed by atoms with E-state index in [9.17, 15) is 4.79 Å². The number of aliphatic hydroxyl groups is 2. The zero-order valence-corrected chi connectivity index (χ0v) is 9.05. The second kappa shape index (κ2) is 4.94. The third-order valence-corrected chi connectivity index (χ3v) is 2.39. The van der Waals surface area contributed by atoms with E-state index >= 15 is 0 Å². The molecule has 0 aliphatic carbocycles. The molecule has 0 saturated carbocycles. The van der Waals surface area contributed by atoms with Gasteiger partial charge in [-0.1, -0.05) is 0 Å². The number of hydrogen-bond donors (Lipinski definition) is 4. The van der Waals surface area contributed by atoms with Crippen LogP contribution < -0.4 is 5.32 Å². The molecule has 1 heterocycles. The maximum absolute atomic E-state index is 11.7. The summed E-state index contributed by atoms with van der Waals surface area (Å²) in [5, 5.41) is 20.3. The molecule has 0 aliphatic heterocycles. The van der Waals surface area contributed by atoms with Gasteiger partial charge in [-0.3, -0.25) is 4.79 Å². The highest BCUT2D eigenvalue weighted by Gasteiger charge is 2.09. The number of hydrogen-bond acceptors (Lipinski definition) is 4. The average molecular weight is 235 g/mol. The highest BCUT2D eigenvalue weighted by molar-refractivity contribution is 5.97. The Morgan fingerprint density at radius 3 is 3.12 bits per heavy atom. The number of rotatable bonds is 4. The lowest BCUT2D eigenvalue weighted by Gasteiger charge is -2.08. The van der Waals surface area contributed by atoms with Crippen molar-refractivity contribution in [2.24, 2.45) is 0 Å². The largest absolute Gasteiger partial charge is 0.394 e. The molecule has 6 heteroatoms. The van der Waals surface area contributed by atoms with Crippen LogP contribution in [0.4, 0.5) is 0 Å². The van der Waals surface area contributed by atoms with Gasteiger partial charge in [0.15, 0.2) is 0 Å². The van der Waals surface area contributed by atoms with Crippen molar-refractivity contribution in [2.75, 3.05) is 13.2 Å². The smallest absolute Gasteiger partial charge is 0.251 e. The van der Waals surface area contributed by atoms with Gasteiger partial charge in [-0.25, -0.2) is 4.98 Å². The van der Waals surface area contributed by atoms with Crippen molar-refractivity contribution in [3.8, 4) is 0 Å². The number of H-pyrrole nitrogens is 1. The first-order chi connectivity index (χ1) is 8.20. The van der Waals surface area contributed by atoms with E-state index in [4.69, 9.17) is 10.2 Å². The zero-order chi connectivity index (χ0) is 12.3. The number of benzene rings is 1. The van der Waals surface area contributed by atoms with Crippen LogP contribution in [0, 0.1) is 0 Å². The predicted octanol–water partition coefficient (Wildman–Crippen LogP) is -0.354. The summed E-state index contributed by atoms with van der Waals surface area (Å²) in [6.45, 7) is -0.351. The predicted molar refractivity (Wildman–Crippen MR) is 61.5 cm³/mol. The zero-order valence-electron chi connectivity index (χ0n) is 9.05. The maximum Gasteiger partial charge on any atom is 0.251 e. The van der Waals surface area contributed by atoms with E-state index in [1.807, 2.05) is 0 Å². The van der Waals surface area contributed by atoms with Crippen molar-refractivity contribution >= 4 is 16.9 Å². The van der Waals surface area contributed by atoms with Gasteiger partial charge in [0.05, 0.1) is 30.1 Å². The summed E-state index contributed by atoms with van der Waals surface area (Å²) in [6, 6.07) is 5.08. The van der Waals surface area contributed by atoms with Gasteiger partial charge in [0.1, 0.15) is 0 Å². The number of amides is 1. The molecule has 6 nitrogen and oxygen atoms in total. The van der Waals surface area contributed by atoms with Gasteiger partial charge in [0, 0.05) is 12.1 Å². The Balaban J connectivity index is 2.08. The summed E-state index contributed by atoms with van der Waals surface area (Å²) in [4.78, 5) is 18.6. The number of aliphatic hydroxyl groups excluding tert-OH is 2. The second-order valence-electron chi connectivity index (χ2n) is 3.68. The molecule has 0 saturated heterocycles. The Morgan fingerprint density at radius 2 is 2.35 bits per heavy atom. The molecule has 90 valence electrons. The van der Waals surface area contributed by atoms with E-state index in [1.165, 1.54) is 0 Å². The SMILES string of the molecule is O=C(NC[C@H](O)CO)c1ccc2nc[nH]c2c1. The number of carbonyl (C=O) groups is 1. The molecule has 0 spiro atoms. The summed E-state index contributed by atoms with van der Waals surface area (Å²) >= 11 is 0. The van der Waals surface area contributed by atoms with Crippen molar-refractivity contribution in [1.82, 2.24) is 15.3 Å². The van der Waals surface area contributed by atoms with E-state index in [0.717, 1.165) is 11.0 Å². The molecular formula is C11H13N3O3. The number of nitrogens with zero attached hydrogens (tertiary/aromatic N) is 1. The Morgan fingerprint density at radius 1 is 1.53 bits per heavy atom. The normalized spacial score (nSPS) is 12.6. The molecule has 2 aromatic rings. The summed E-state index contributed by atoms with van der Waals surface area (Å²) in [5.41, 5.74) is 2.05. The number of aromatic nitrogens is 2. The van der Waals surface area contributed by atoms with Crippen molar-refractivity contribution in [1.29, 1.82) is 0 Å². The molecule has 0 fully saturated rings. The summed E-state index contributed by atoms with van der Waals surface area (Å²) in [5.74, 6) is -0.297. The molecule has 0 radical (unpaired) electrons. The number of nitrogens with one attached hydrogen (secondary N) is 2. The standard InChI is InChI=1S/C11H13N3O3/c15-5-8(16)4-12-11(17)7-1-2-9-10(3-7)14-6-13-9/h1-3,6,8,15-16H,4-5H2,(H,12,17)(H,13,14)/t8-/m0/s1. The minimum absolute atomic E-state index is 0.0242. The molecule has 1 aromatic carbocycles. The van der Waals surface area contributed by atoms with Crippen LogP contribution in [-0.4, -0.2) is 45.3 Å². The van der Waals surface area contributed by atoms with Crippen LogP contribution in [0.2, 0.25) is 0 Å². The Bertz CT molecular complexity index is 523. The molecule has 0 bridgehead atoms. The fourth-order valence-corrected chi connectivity index (χ4v) is 1.45. The summed E-state index contributed by atoms with van der Waals surface area (Å²) < 4.78 is 0. The third-order valence-electron chi connectivity index (χ3n) is 2.39. The van der Waals surface area contributed by atoms with Crippen LogP contribution in [0.5, 0.6) is 0 Å². The first-order valence-electron chi connectivity index (χ1n) is 5.21. The highest BCUT2D eigenvalue weighted by atomic mass is 16.3. The molecule has 2 rings (SSSR count). The van der Waals surface area contributed by atoms with E-state index in [-0.39, 0.29) is 19.1 Å². The van der Waals surface area contributed by atoms with Gasteiger partial charge < -0.3 is 20.5 Å². The fraction of sp³-hybridized carbons (Fsp3) is 0.273. The van der Waals surface area contributed by atoms with Crippen LogP contribution in [0.15, 0.2) is 24.5 Å². The Hall–Kier alpha value is -1.92. The average Bonchev–Trinajstić information content (AvgIpc) is 2.82. The van der Waals surface area contributed by atoms with Crippen molar-refractivity contribution < 1.29 is 15.0 Å². The quantitative estimate of drug-likeness (QED) is 0.582. The fourth-order valence-electron chi connectivity index (χ4n) is 1.45. The molecule has 0 aliphatic rings. The third kappa shape index (κ3) is 2.61.